The maximum absolute atomic E-state index is 8.92. The number of aromatic nitrogens is 1. The summed E-state index contributed by atoms with van der Waals surface area (Å²) in [6, 6.07) is 18.6. The quantitative estimate of drug-likeness (QED) is 0.870. The average Bonchev–Trinajstić information content (AvgIpc) is 2.53. The van der Waals surface area contributed by atoms with Gasteiger partial charge in [-0.3, -0.25) is 4.98 Å². The molecule has 0 bridgehead atoms. The van der Waals surface area contributed by atoms with E-state index in [1.54, 1.807) is 6.20 Å². The number of hydrogen-bond donors (Lipinski definition) is 1. The van der Waals surface area contributed by atoms with Gasteiger partial charge in [-0.15, -0.1) is 0 Å². The van der Waals surface area contributed by atoms with Gasteiger partial charge in [-0.1, -0.05) is 43.3 Å². The number of benzene rings is 1. The Labute approximate surface area is 120 Å². The highest BCUT2D eigenvalue weighted by atomic mass is 15.0. The summed E-state index contributed by atoms with van der Waals surface area (Å²) >= 11 is 0. The first-order valence-electron chi connectivity index (χ1n) is 6.94. The van der Waals surface area contributed by atoms with Crippen LogP contribution in [0.1, 0.15) is 37.1 Å². The molecule has 102 valence electrons. The molecule has 2 aromatic rings. The topological polar surface area (TPSA) is 48.7 Å². The van der Waals surface area contributed by atoms with Crippen LogP contribution in [0.5, 0.6) is 0 Å². The van der Waals surface area contributed by atoms with E-state index in [-0.39, 0.29) is 12.1 Å². The molecule has 0 amide bonds. The zero-order valence-electron chi connectivity index (χ0n) is 11.7. The highest BCUT2D eigenvalue weighted by molar-refractivity contribution is 5.27. The van der Waals surface area contributed by atoms with Crippen LogP contribution in [-0.4, -0.2) is 11.0 Å². The Hall–Kier alpha value is -2.18. The van der Waals surface area contributed by atoms with Crippen LogP contribution in [0.15, 0.2) is 54.7 Å². The molecule has 20 heavy (non-hydrogen) atoms. The zero-order chi connectivity index (χ0) is 14.2. The summed E-state index contributed by atoms with van der Waals surface area (Å²) in [6.07, 6.45) is 3.23. The number of rotatable bonds is 6. The highest BCUT2D eigenvalue weighted by Crippen LogP contribution is 2.21. The van der Waals surface area contributed by atoms with E-state index in [9.17, 15) is 0 Å². The molecule has 3 nitrogen and oxygen atoms in total. The molecule has 0 aliphatic heterocycles. The maximum atomic E-state index is 8.92. The molecule has 3 heteroatoms. The van der Waals surface area contributed by atoms with Gasteiger partial charge >= 0.3 is 0 Å². The van der Waals surface area contributed by atoms with E-state index in [1.807, 2.05) is 36.4 Å². The lowest BCUT2D eigenvalue weighted by Crippen LogP contribution is -2.33. The molecule has 0 spiro atoms. The van der Waals surface area contributed by atoms with E-state index < -0.39 is 0 Å². The van der Waals surface area contributed by atoms with Crippen molar-refractivity contribution in [3.63, 3.8) is 0 Å². The first-order chi connectivity index (χ1) is 9.85. The highest BCUT2D eigenvalue weighted by Gasteiger charge is 2.18. The fourth-order valence-electron chi connectivity index (χ4n) is 2.21. The molecule has 0 saturated heterocycles. The number of nitrogens with zero attached hydrogens (tertiary/aromatic N) is 2. The van der Waals surface area contributed by atoms with E-state index >= 15 is 0 Å². The molecule has 2 rings (SSSR count). The van der Waals surface area contributed by atoms with Crippen LogP contribution in [0.3, 0.4) is 0 Å². The second kappa shape index (κ2) is 7.42. The van der Waals surface area contributed by atoms with E-state index in [0.29, 0.717) is 6.42 Å². The second-order valence-electron chi connectivity index (χ2n) is 4.73. The lowest BCUT2D eigenvalue weighted by atomic mass is 10.0. The Morgan fingerprint density at radius 2 is 1.90 bits per heavy atom. The molecule has 1 heterocycles. The van der Waals surface area contributed by atoms with Gasteiger partial charge in [0.2, 0.25) is 0 Å². The fraction of sp³-hybridized carbons (Fsp3) is 0.294. The van der Waals surface area contributed by atoms with E-state index in [0.717, 1.165) is 12.1 Å². The molecule has 1 N–H and O–H groups in total. The van der Waals surface area contributed by atoms with Crippen molar-refractivity contribution in [3.05, 3.63) is 66.0 Å². The van der Waals surface area contributed by atoms with Crippen LogP contribution in [0.25, 0.3) is 0 Å². The van der Waals surface area contributed by atoms with Crippen LogP contribution >= 0.6 is 0 Å². The summed E-state index contributed by atoms with van der Waals surface area (Å²) in [5.74, 6) is 0. The van der Waals surface area contributed by atoms with Crippen molar-refractivity contribution in [1.82, 2.24) is 10.3 Å². The number of pyridine rings is 1. The van der Waals surface area contributed by atoms with Crippen LogP contribution in [0.2, 0.25) is 0 Å². The summed E-state index contributed by atoms with van der Waals surface area (Å²) in [4.78, 5) is 4.46. The van der Waals surface area contributed by atoms with Gasteiger partial charge < -0.3 is 5.32 Å². The summed E-state index contributed by atoms with van der Waals surface area (Å²) in [7, 11) is 0. The Morgan fingerprint density at radius 1 is 1.15 bits per heavy atom. The Morgan fingerprint density at radius 3 is 2.50 bits per heavy atom. The van der Waals surface area contributed by atoms with Crippen LogP contribution in [0.4, 0.5) is 0 Å². The molecule has 0 aliphatic rings. The summed E-state index contributed by atoms with van der Waals surface area (Å²) in [5.41, 5.74) is 2.15. The van der Waals surface area contributed by atoms with Gasteiger partial charge in [0, 0.05) is 12.2 Å². The average molecular weight is 265 g/mol. The molecule has 0 aliphatic carbocycles. The van der Waals surface area contributed by atoms with Crippen LogP contribution in [0, 0.1) is 11.3 Å². The molecule has 2 unspecified atom stereocenters. The molecule has 0 saturated carbocycles. The first-order valence-corrected chi connectivity index (χ1v) is 6.94. The zero-order valence-corrected chi connectivity index (χ0v) is 11.7. The van der Waals surface area contributed by atoms with Gasteiger partial charge in [0.15, 0.2) is 0 Å². The SMILES string of the molecule is CCC(CC#N)NC(c1ccccc1)c1ccccn1. The minimum atomic E-state index is 0.0238. The lowest BCUT2D eigenvalue weighted by molar-refractivity contribution is 0.458. The van der Waals surface area contributed by atoms with Gasteiger partial charge in [-0.05, 0) is 24.1 Å². The Bertz CT molecular complexity index is 506. The van der Waals surface area contributed by atoms with E-state index in [1.165, 1.54) is 5.56 Å². The summed E-state index contributed by atoms with van der Waals surface area (Å²) in [5, 5.41) is 12.5. The first kappa shape index (κ1) is 14.2. The Kier molecular flexibility index (Phi) is 5.28. The number of nitriles is 1. The smallest absolute Gasteiger partial charge is 0.0753 e. The summed E-state index contributed by atoms with van der Waals surface area (Å²) in [6.45, 7) is 2.09. The molecular formula is C17H19N3. The molecule has 2 atom stereocenters. The molecule has 1 aromatic heterocycles. The third kappa shape index (κ3) is 3.66. The predicted octanol–water partition coefficient (Wildman–Crippen LogP) is 3.45. The lowest BCUT2D eigenvalue weighted by Gasteiger charge is -2.23. The normalized spacial score (nSPS) is 13.4. The second-order valence-corrected chi connectivity index (χ2v) is 4.73. The van der Waals surface area contributed by atoms with E-state index in [4.69, 9.17) is 5.26 Å². The van der Waals surface area contributed by atoms with Crippen molar-refractivity contribution < 1.29 is 0 Å². The minimum Gasteiger partial charge on any atom is -0.301 e. The van der Waals surface area contributed by atoms with Gasteiger partial charge in [0.1, 0.15) is 0 Å². The molecule has 0 fully saturated rings. The van der Waals surface area contributed by atoms with Gasteiger partial charge in [-0.25, -0.2) is 0 Å². The van der Waals surface area contributed by atoms with Crippen LogP contribution < -0.4 is 5.32 Å². The number of hydrogen-bond acceptors (Lipinski definition) is 3. The maximum Gasteiger partial charge on any atom is 0.0753 e. The van der Waals surface area contributed by atoms with Crippen molar-refractivity contribution in [2.24, 2.45) is 0 Å². The van der Waals surface area contributed by atoms with Gasteiger partial charge in [0.25, 0.3) is 0 Å². The van der Waals surface area contributed by atoms with Crippen molar-refractivity contribution in [1.29, 1.82) is 5.26 Å². The van der Waals surface area contributed by atoms with E-state index in [2.05, 4.69) is 35.4 Å². The monoisotopic (exact) mass is 265 g/mol. The largest absolute Gasteiger partial charge is 0.301 e. The molecule has 1 aromatic carbocycles. The molecule has 0 radical (unpaired) electrons. The third-order valence-corrected chi connectivity index (χ3v) is 3.35. The summed E-state index contributed by atoms with van der Waals surface area (Å²) < 4.78 is 0. The third-order valence-electron chi connectivity index (χ3n) is 3.35. The predicted molar refractivity (Wildman–Crippen MR) is 80.0 cm³/mol. The van der Waals surface area contributed by atoms with Crippen molar-refractivity contribution >= 4 is 0 Å². The van der Waals surface area contributed by atoms with Gasteiger partial charge in [-0.2, -0.15) is 5.26 Å². The fourth-order valence-corrected chi connectivity index (χ4v) is 2.21. The van der Waals surface area contributed by atoms with Crippen molar-refractivity contribution in [3.8, 4) is 6.07 Å². The van der Waals surface area contributed by atoms with Crippen molar-refractivity contribution in [2.45, 2.75) is 31.8 Å². The number of nitrogens with one attached hydrogen (secondary N) is 1. The van der Waals surface area contributed by atoms with Crippen molar-refractivity contribution in [2.75, 3.05) is 0 Å². The van der Waals surface area contributed by atoms with Gasteiger partial charge in [0.05, 0.1) is 24.2 Å². The standard InChI is InChI=1S/C17H19N3/c1-2-15(11-12-18)20-17(14-8-4-3-5-9-14)16-10-6-7-13-19-16/h3-10,13,15,17,20H,2,11H2,1H3. The minimum absolute atomic E-state index is 0.0238. The molecular weight excluding hydrogens is 246 g/mol. The van der Waals surface area contributed by atoms with Crippen LogP contribution in [-0.2, 0) is 0 Å². The Balaban J connectivity index is 2.28.